The molecule has 0 saturated carbocycles. The first-order valence-electron chi connectivity index (χ1n) is 4.91. The maximum atomic E-state index is 11.6. The Labute approximate surface area is 102 Å². The Morgan fingerprint density at radius 2 is 2.12 bits per heavy atom. The lowest BCUT2D eigenvalue weighted by Gasteiger charge is -2.13. The maximum absolute atomic E-state index is 11.6. The average Bonchev–Trinajstić information content (AvgIpc) is 2.26. The van der Waals surface area contributed by atoms with Crippen LogP contribution in [0.3, 0.4) is 0 Å². The van der Waals surface area contributed by atoms with Gasteiger partial charge in [-0.15, -0.1) is 12.4 Å². The molecule has 0 aliphatic rings. The smallest absolute Gasteiger partial charge is 0.251 e. The van der Waals surface area contributed by atoms with Gasteiger partial charge >= 0.3 is 0 Å². The number of hydrogen-bond acceptors (Lipinski definition) is 3. The molecule has 3 N–H and O–H groups in total. The van der Waals surface area contributed by atoms with E-state index in [1.165, 1.54) is 0 Å². The fourth-order valence-electron chi connectivity index (χ4n) is 1.21. The molecule has 0 spiro atoms. The largest absolute Gasteiger partial charge is 0.378 e. The standard InChI is InChI=1S/C11H17N3O.ClH/c1-14(2)10-5-3-4-9(8-10)11(15)13-7-6-12;/h3-5,8H,6-7,12H2,1-2H3,(H,13,15);1H. The zero-order valence-electron chi connectivity index (χ0n) is 9.56. The summed E-state index contributed by atoms with van der Waals surface area (Å²) in [5, 5.41) is 2.73. The molecule has 0 bridgehead atoms. The Balaban J connectivity index is 0.00000225. The third-order valence-corrected chi connectivity index (χ3v) is 2.05. The monoisotopic (exact) mass is 243 g/mol. The second kappa shape index (κ2) is 7.09. The molecule has 0 aromatic heterocycles. The molecule has 1 amide bonds. The van der Waals surface area contributed by atoms with Gasteiger partial charge < -0.3 is 16.0 Å². The molecule has 0 saturated heterocycles. The highest BCUT2D eigenvalue weighted by Gasteiger charge is 2.05. The quantitative estimate of drug-likeness (QED) is 0.825. The van der Waals surface area contributed by atoms with E-state index < -0.39 is 0 Å². The second-order valence-electron chi connectivity index (χ2n) is 3.49. The summed E-state index contributed by atoms with van der Waals surface area (Å²) in [6.07, 6.45) is 0. The van der Waals surface area contributed by atoms with E-state index in [0.717, 1.165) is 5.69 Å². The summed E-state index contributed by atoms with van der Waals surface area (Å²) < 4.78 is 0. The van der Waals surface area contributed by atoms with Crippen LogP contribution in [-0.4, -0.2) is 33.1 Å². The molecule has 4 nitrogen and oxygen atoms in total. The van der Waals surface area contributed by atoms with E-state index in [-0.39, 0.29) is 18.3 Å². The lowest BCUT2D eigenvalue weighted by molar-refractivity contribution is 0.0955. The van der Waals surface area contributed by atoms with Crippen LogP contribution in [0.2, 0.25) is 0 Å². The minimum absolute atomic E-state index is 0. The van der Waals surface area contributed by atoms with Crippen molar-refractivity contribution in [1.29, 1.82) is 0 Å². The summed E-state index contributed by atoms with van der Waals surface area (Å²) >= 11 is 0. The number of rotatable bonds is 4. The highest BCUT2D eigenvalue weighted by molar-refractivity contribution is 5.95. The number of amides is 1. The minimum Gasteiger partial charge on any atom is -0.378 e. The summed E-state index contributed by atoms with van der Waals surface area (Å²) in [6, 6.07) is 7.47. The number of nitrogens with one attached hydrogen (secondary N) is 1. The van der Waals surface area contributed by atoms with Crippen LogP contribution in [0.25, 0.3) is 0 Å². The number of anilines is 1. The fraction of sp³-hybridized carbons (Fsp3) is 0.364. The predicted octanol–water partition coefficient (Wildman–Crippen LogP) is 0.863. The van der Waals surface area contributed by atoms with Gasteiger partial charge in [-0.25, -0.2) is 0 Å². The molecular weight excluding hydrogens is 226 g/mol. The molecule has 0 unspecified atom stereocenters. The molecule has 5 heteroatoms. The van der Waals surface area contributed by atoms with E-state index in [9.17, 15) is 4.79 Å². The van der Waals surface area contributed by atoms with Crippen LogP contribution in [0, 0.1) is 0 Å². The second-order valence-corrected chi connectivity index (χ2v) is 3.49. The number of carbonyl (C=O) groups excluding carboxylic acids is 1. The zero-order chi connectivity index (χ0) is 11.3. The van der Waals surface area contributed by atoms with E-state index >= 15 is 0 Å². The topological polar surface area (TPSA) is 58.4 Å². The third-order valence-electron chi connectivity index (χ3n) is 2.05. The Morgan fingerprint density at radius 1 is 1.44 bits per heavy atom. The van der Waals surface area contributed by atoms with Crippen molar-refractivity contribution in [2.24, 2.45) is 5.73 Å². The van der Waals surface area contributed by atoms with E-state index in [0.29, 0.717) is 18.7 Å². The third kappa shape index (κ3) is 4.08. The number of hydrogen-bond donors (Lipinski definition) is 2. The van der Waals surface area contributed by atoms with Crippen molar-refractivity contribution in [3.8, 4) is 0 Å². The van der Waals surface area contributed by atoms with Crippen LogP contribution in [0.5, 0.6) is 0 Å². The molecule has 0 fully saturated rings. The van der Waals surface area contributed by atoms with Gasteiger partial charge in [-0.3, -0.25) is 4.79 Å². The molecule has 1 rings (SSSR count). The van der Waals surface area contributed by atoms with Gasteiger partial charge in [-0.2, -0.15) is 0 Å². The first-order chi connectivity index (χ1) is 7.15. The maximum Gasteiger partial charge on any atom is 0.251 e. The van der Waals surface area contributed by atoms with Gasteiger partial charge in [0.1, 0.15) is 0 Å². The summed E-state index contributed by atoms with van der Waals surface area (Å²) in [7, 11) is 3.88. The highest BCUT2D eigenvalue weighted by Crippen LogP contribution is 2.12. The van der Waals surface area contributed by atoms with Crippen LogP contribution in [0.1, 0.15) is 10.4 Å². The van der Waals surface area contributed by atoms with Gasteiger partial charge in [0.05, 0.1) is 0 Å². The molecule has 1 aromatic rings. The number of nitrogens with zero attached hydrogens (tertiary/aromatic N) is 1. The first kappa shape index (κ1) is 14.7. The van der Waals surface area contributed by atoms with Gasteiger partial charge in [0.15, 0.2) is 0 Å². The van der Waals surface area contributed by atoms with Crippen LogP contribution >= 0.6 is 12.4 Å². The zero-order valence-corrected chi connectivity index (χ0v) is 10.4. The number of benzene rings is 1. The number of halogens is 1. The van der Waals surface area contributed by atoms with E-state index in [1.54, 1.807) is 6.07 Å². The van der Waals surface area contributed by atoms with Gasteiger partial charge in [0, 0.05) is 38.4 Å². The normalized spacial score (nSPS) is 9.19. The van der Waals surface area contributed by atoms with Crippen molar-refractivity contribution in [2.45, 2.75) is 0 Å². The van der Waals surface area contributed by atoms with E-state index in [2.05, 4.69) is 5.32 Å². The van der Waals surface area contributed by atoms with Crippen molar-refractivity contribution in [3.05, 3.63) is 29.8 Å². The van der Waals surface area contributed by atoms with Crippen molar-refractivity contribution < 1.29 is 4.79 Å². The van der Waals surface area contributed by atoms with Crippen molar-refractivity contribution in [2.75, 3.05) is 32.1 Å². The number of nitrogens with two attached hydrogens (primary N) is 1. The Morgan fingerprint density at radius 3 is 2.69 bits per heavy atom. The molecule has 0 aliphatic carbocycles. The van der Waals surface area contributed by atoms with Crippen LogP contribution < -0.4 is 16.0 Å². The molecule has 0 atom stereocenters. The summed E-state index contributed by atoms with van der Waals surface area (Å²) in [6.45, 7) is 0.962. The molecule has 0 heterocycles. The van der Waals surface area contributed by atoms with Crippen LogP contribution in [0.15, 0.2) is 24.3 Å². The minimum atomic E-state index is -0.0795. The molecule has 1 aromatic carbocycles. The van der Waals surface area contributed by atoms with E-state index in [4.69, 9.17) is 5.73 Å². The molecule has 16 heavy (non-hydrogen) atoms. The van der Waals surface area contributed by atoms with Crippen LogP contribution in [-0.2, 0) is 0 Å². The Hall–Kier alpha value is -1.26. The summed E-state index contributed by atoms with van der Waals surface area (Å²) in [5.74, 6) is -0.0795. The Bertz CT molecular complexity index is 342. The predicted molar refractivity (Wildman–Crippen MR) is 69.4 cm³/mol. The number of carbonyl (C=O) groups is 1. The van der Waals surface area contributed by atoms with Gasteiger partial charge in [-0.1, -0.05) is 6.07 Å². The Kier molecular flexibility index (Phi) is 6.53. The fourth-order valence-corrected chi connectivity index (χ4v) is 1.21. The van der Waals surface area contributed by atoms with Crippen molar-refractivity contribution >= 4 is 24.0 Å². The van der Waals surface area contributed by atoms with Crippen molar-refractivity contribution in [3.63, 3.8) is 0 Å². The molecular formula is C11H18ClN3O. The molecule has 90 valence electrons. The lowest BCUT2D eigenvalue weighted by atomic mass is 10.2. The van der Waals surface area contributed by atoms with Gasteiger partial charge in [-0.05, 0) is 18.2 Å². The van der Waals surface area contributed by atoms with E-state index in [1.807, 2.05) is 37.2 Å². The summed E-state index contributed by atoms with van der Waals surface area (Å²) in [4.78, 5) is 13.6. The van der Waals surface area contributed by atoms with Gasteiger partial charge in [0.25, 0.3) is 5.91 Å². The lowest BCUT2D eigenvalue weighted by Crippen LogP contribution is -2.29. The summed E-state index contributed by atoms with van der Waals surface area (Å²) in [5.41, 5.74) is 6.98. The van der Waals surface area contributed by atoms with Gasteiger partial charge in [0.2, 0.25) is 0 Å². The first-order valence-corrected chi connectivity index (χ1v) is 4.91. The SMILES string of the molecule is CN(C)c1cccc(C(=O)NCCN)c1.Cl. The molecule has 0 aliphatic heterocycles. The molecule has 0 radical (unpaired) electrons. The highest BCUT2D eigenvalue weighted by atomic mass is 35.5. The van der Waals surface area contributed by atoms with Crippen LogP contribution in [0.4, 0.5) is 5.69 Å². The average molecular weight is 244 g/mol. The van der Waals surface area contributed by atoms with Crippen molar-refractivity contribution in [1.82, 2.24) is 5.32 Å².